The number of carbonyl (C=O) groups excluding carboxylic acids is 1. The number of hydrogen-bond acceptors (Lipinski definition) is 6. The number of para-hydroxylation sites is 1. The number of rotatable bonds is 5. The topological polar surface area (TPSA) is 91.2 Å². The summed E-state index contributed by atoms with van der Waals surface area (Å²) in [5.74, 6) is 1.65. The van der Waals surface area contributed by atoms with Gasteiger partial charge in [0.1, 0.15) is 6.33 Å². The van der Waals surface area contributed by atoms with E-state index in [4.69, 9.17) is 9.47 Å². The monoisotopic (exact) mass is 365 g/mol. The minimum atomic E-state index is -0.116. The third-order valence-corrected chi connectivity index (χ3v) is 4.55. The fraction of sp³-hybridized carbons (Fsp3) is 0.263. The summed E-state index contributed by atoms with van der Waals surface area (Å²) < 4.78 is 12.7. The summed E-state index contributed by atoms with van der Waals surface area (Å²) in [4.78, 5) is 12.4. The predicted molar refractivity (Wildman–Crippen MR) is 97.2 cm³/mol. The van der Waals surface area contributed by atoms with Crippen LogP contribution in [0.5, 0.6) is 11.5 Å². The van der Waals surface area contributed by atoms with Gasteiger partial charge in [-0.3, -0.25) is 4.79 Å². The summed E-state index contributed by atoms with van der Waals surface area (Å²) in [7, 11) is 1.63. The van der Waals surface area contributed by atoms with Crippen LogP contribution in [0.25, 0.3) is 5.69 Å². The maximum atomic E-state index is 12.4. The van der Waals surface area contributed by atoms with E-state index in [-0.39, 0.29) is 11.8 Å². The minimum Gasteiger partial charge on any atom is -0.493 e. The molecule has 0 bridgehead atoms. The van der Waals surface area contributed by atoms with Gasteiger partial charge in [-0.1, -0.05) is 12.1 Å². The molecule has 8 nitrogen and oxygen atoms in total. The van der Waals surface area contributed by atoms with Crippen LogP contribution in [0.1, 0.15) is 15.9 Å². The van der Waals surface area contributed by atoms with Gasteiger partial charge in [0.05, 0.1) is 19.4 Å². The van der Waals surface area contributed by atoms with Crippen molar-refractivity contribution >= 4 is 5.91 Å². The molecule has 1 atom stereocenters. The molecule has 0 saturated carbocycles. The van der Waals surface area contributed by atoms with Crippen molar-refractivity contribution in [3.8, 4) is 17.2 Å². The maximum Gasteiger partial charge on any atom is 0.251 e. The lowest BCUT2D eigenvalue weighted by Crippen LogP contribution is -2.34. The van der Waals surface area contributed by atoms with Crippen molar-refractivity contribution in [2.45, 2.75) is 6.42 Å². The lowest BCUT2D eigenvalue weighted by atomic mass is 9.96. The minimum absolute atomic E-state index is 0.116. The van der Waals surface area contributed by atoms with E-state index in [9.17, 15) is 4.79 Å². The number of nitrogens with one attached hydrogen (secondary N) is 1. The van der Waals surface area contributed by atoms with E-state index in [1.807, 2.05) is 18.2 Å². The van der Waals surface area contributed by atoms with Crippen molar-refractivity contribution in [2.24, 2.45) is 5.92 Å². The molecule has 4 rings (SSSR count). The number of carbonyl (C=O) groups is 1. The van der Waals surface area contributed by atoms with Gasteiger partial charge in [-0.05, 0) is 52.7 Å². The van der Waals surface area contributed by atoms with E-state index in [2.05, 4.69) is 20.8 Å². The summed E-state index contributed by atoms with van der Waals surface area (Å²) in [6.45, 7) is 1.09. The molecule has 1 aliphatic rings. The van der Waals surface area contributed by atoms with Crippen molar-refractivity contribution in [2.75, 3.05) is 20.3 Å². The SMILES string of the molecule is COc1cccc2c1OC[C@H](CNC(=O)c1ccc(-n3cnnn3)cc1)C2. The second-order valence-corrected chi connectivity index (χ2v) is 6.34. The van der Waals surface area contributed by atoms with Crippen molar-refractivity contribution in [1.29, 1.82) is 0 Å². The summed E-state index contributed by atoms with van der Waals surface area (Å²) in [5, 5.41) is 14.0. The first-order valence-corrected chi connectivity index (χ1v) is 8.65. The number of amides is 1. The highest BCUT2D eigenvalue weighted by Crippen LogP contribution is 2.35. The number of aromatic nitrogens is 4. The average Bonchev–Trinajstić information content (AvgIpc) is 3.26. The summed E-state index contributed by atoms with van der Waals surface area (Å²) >= 11 is 0. The Morgan fingerprint density at radius 2 is 2.15 bits per heavy atom. The molecule has 0 saturated heterocycles. The number of hydrogen-bond donors (Lipinski definition) is 1. The summed E-state index contributed by atoms with van der Waals surface area (Å²) in [6.07, 6.45) is 2.34. The van der Waals surface area contributed by atoms with Gasteiger partial charge in [-0.15, -0.1) is 5.10 Å². The van der Waals surface area contributed by atoms with E-state index >= 15 is 0 Å². The Labute approximate surface area is 156 Å². The highest BCUT2D eigenvalue weighted by Gasteiger charge is 2.23. The van der Waals surface area contributed by atoms with Gasteiger partial charge in [0, 0.05) is 18.0 Å². The molecule has 2 heterocycles. The quantitative estimate of drug-likeness (QED) is 0.739. The van der Waals surface area contributed by atoms with Gasteiger partial charge in [0.25, 0.3) is 5.91 Å². The fourth-order valence-electron chi connectivity index (χ4n) is 3.13. The smallest absolute Gasteiger partial charge is 0.251 e. The molecular formula is C19H19N5O3. The Balaban J connectivity index is 1.35. The molecule has 0 spiro atoms. The fourth-order valence-corrected chi connectivity index (χ4v) is 3.13. The molecule has 1 aliphatic heterocycles. The maximum absolute atomic E-state index is 12.4. The number of fused-ring (bicyclic) bond motifs is 1. The zero-order chi connectivity index (χ0) is 18.6. The van der Waals surface area contributed by atoms with Crippen LogP contribution >= 0.6 is 0 Å². The number of nitrogens with zero attached hydrogens (tertiary/aromatic N) is 4. The van der Waals surface area contributed by atoms with Gasteiger partial charge in [-0.2, -0.15) is 0 Å². The molecule has 1 amide bonds. The van der Waals surface area contributed by atoms with E-state index in [1.165, 1.54) is 11.0 Å². The largest absolute Gasteiger partial charge is 0.493 e. The van der Waals surface area contributed by atoms with Crippen LogP contribution in [0.2, 0.25) is 0 Å². The summed E-state index contributed by atoms with van der Waals surface area (Å²) in [5.41, 5.74) is 2.49. The number of ether oxygens (including phenoxy) is 2. The zero-order valence-corrected chi connectivity index (χ0v) is 14.8. The van der Waals surface area contributed by atoms with Crippen LogP contribution in [-0.4, -0.2) is 46.4 Å². The first-order valence-electron chi connectivity index (χ1n) is 8.65. The van der Waals surface area contributed by atoms with Gasteiger partial charge < -0.3 is 14.8 Å². The zero-order valence-electron chi connectivity index (χ0n) is 14.8. The number of methoxy groups -OCH3 is 1. The normalized spacial score (nSPS) is 15.5. The second-order valence-electron chi connectivity index (χ2n) is 6.34. The molecule has 3 aromatic rings. The highest BCUT2D eigenvalue weighted by molar-refractivity contribution is 5.94. The molecule has 27 heavy (non-hydrogen) atoms. The van der Waals surface area contributed by atoms with Crippen molar-refractivity contribution in [3.05, 3.63) is 59.9 Å². The summed E-state index contributed by atoms with van der Waals surface area (Å²) in [6, 6.07) is 13.0. The molecular weight excluding hydrogens is 346 g/mol. The third kappa shape index (κ3) is 3.59. The van der Waals surface area contributed by atoms with Gasteiger partial charge >= 0.3 is 0 Å². The van der Waals surface area contributed by atoms with Gasteiger partial charge in [0.2, 0.25) is 0 Å². The second kappa shape index (κ2) is 7.45. The highest BCUT2D eigenvalue weighted by atomic mass is 16.5. The van der Waals surface area contributed by atoms with Gasteiger partial charge in [0.15, 0.2) is 11.5 Å². The molecule has 0 fully saturated rings. The Bertz CT molecular complexity index is 925. The molecule has 138 valence electrons. The van der Waals surface area contributed by atoms with Crippen LogP contribution in [0.3, 0.4) is 0 Å². The standard InChI is InChI=1S/C19H19N5O3/c1-26-17-4-2-3-15-9-13(11-27-18(15)17)10-20-19(25)14-5-7-16(8-6-14)24-12-21-22-23-24/h2-8,12-13H,9-11H2,1H3,(H,20,25)/t13-/m0/s1. The molecule has 0 radical (unpaired) electrons. The van der Waals surface area contributed by atoms with Crippen LogP contribution in [0, 0.1) is 5.92 Å². The Morgan fingerprint density at radius 3 is 2.89 bits per heavy atom. The first kappa shape index (κ1) is 17.0. The molecule has 0 aliphatic carbocycles. The van der Waals surface area contributed by atoms with E-state index < -0.39 is 0 Å². The van der Waals surface area contributed by atoms with Crippen molar-refractivity contribution < 1.29 is 14.3 Å². The Kier molecular flexibility index (Phi) is 4.69. The van der Waals surface area contributed by atoms with Crippen LogP contribution in [-0.2, 0) is 6.42 Å². The predicted octanol–water partition coefficient (Wildman–Crippen LogP) is 1.65. The van der Waals surface area contributed by atoms with E-state index in [0.717, 1.165) is 29.2 Å². The van der Waals surface area contributed by atoms with Crippen molar-refractivity contribution in [3.63, 3.8) is 0 Å². The van der Waals surface area contributed by atoms with Crippen molar-refractivity contribution in [1.82, 2.24) is 25.5 Å². The first-order chi connectivity index (χ1) is 13.2. The van der Waals surface area contributed by atoms with Crippen LogP contribution < -0.4 is 14.8 Å². The lowest BCUT2D eigenvalue weighted by Gasteiger charge is -2.26. The molecule has 0 unspecified atom stereocenters. The Hall–Kier alpha value is -3.42. The van der Waals surface area contributed by atoms with Crippen LogP contribution in [0.4, 0.5) is 0 Å². The average molecular weight is 365 g/mol. The Morgan fingerprint density at radius 1 is 1.30 bits per heavy atom. The number of benzene rings is 2. The van der Waals surface area contributed by atoms with E-state index in [1.54, 1.807) is 31.4 Å². The molecule has 1 N–H and O–H groups in total. The molecule has 2 aromatic carbocycles. The number of tetrazole rings is 1. The molecule has 1 aromatic heterocycles. The van der Waals surface area contributed by atoms with Crippen LogP contribution in [0.15, 0.2) is 48.8 Å². The third-order valence-electron chi connectivity index (χ3n) is 4.55. The molecule has 8 heteroatoms. The lowest BCUT2D eigenvalue weighted by molar-refractivity contribution is 0.0938. The van der Waals surface area contributed by atoms with E-state index in [0.29, 0.717) is 18.7 Å². The van der Waals surface area contributed by atoms with Gasteiger partial charge in [-0.25, -0.2) is 4.68 Å².